The third-order valence-corrected chi connectivity index (χ3v) is 3.75. The minimum atomic E-state index is -0.482. The van der Waals surface area contributed by atoms with Crippen LogP contribution in [0.5, 0.6) is 0 Å². The number of thiazole rings is 1. The molecule has 110 valence electrons. The molecule has 0 aliphatic carbocycles. The Hall–Kier alpha value is -2.21. The maximum Gasteiger partial charge on any atom is 0.266 e. The van der Waals surface area contributed by atoms with Crippen LogP contribution in [-0.2, 0) is 4.79 Å². The number of hydrogen-bond donors (Lipinski definition) is 2. The summed E-state index contributed by atoms with van der Waals surface area (Å²) in [5.74, 6) is -0.0457. The number of pyridine rings is 1. The predicted molar refractivity (Wildman–Crippen MR) is 83.7 cm³/mol. The number of rotatable bonds is 2. The Kier molecular flexibility index (Phi) is 4.09. The number of hydrogen-bond acceptors (Lipinski definition) is 4. The van der Waals surface area contributed by atoms with E-state index in [-0.39, 0.29) is 16.9 Å². The van der Waals surface area contributed by atoms with Crippen molar-refractivity contribution in [2.45, 2.75) is 20.8 Å². The molecule has 0 aliphatic heterocycles. The van der Waals surface area contributed by atoms with E-state index in [9.17, 15) is 14.4 Å². The number of nitrogens with one attached hydrogen (secondary N) is 2. The number of carbonyl (C=O) groups excluding carboxylic acids is 1. The third-order valence-electron chi connectivity index (χ3n) is 2.79. The smallest absolute Gasteiger partial charge is 0.266 e. The van der Waals surface area contributed by atoms with Crippen LogP contribution in [0.25, 0.3) is 12.2 Å². The molecule has 0 aliphatic rings. The highest BCUT2D eigenvalue weighted by atomic mass is 32.1. The van der Waals surface area contributed by atoms with Crippen LogP contribution in [0, 0.1) is 5.41 Å². The summed E-state index contributed by atoms with van der Waals surface area (Å²) in [5.41, 5.74) is -0.212. The number of aromatic amines is 2. The molecule has 2 aromatic rings. The number of aromatic nitrogens is 2. The molecule has 0 radical (unpaired) electrons. The summed E-state index contributed by atoms with van der Waals surface area (Å²) in [4.78, 5) is 40.0. The van der Waals surface area contributed by atoms with Gasteiger partial charge >= 0.3 is 0 Å². The molecule has 2 heterocycles. The van der Waals surface area contributed by atoms with Gasteiger partial charge in [-0.2, -0.15) is 0 Å². The van der Waals surface area contributed by atoms with Crippen LogP contribution in [0.1, 0.15) is 26.3 Å². The summed E-state index contributed by atoms with van der Waals surface area (Å²) in [6, 6.07) is 3.02. The van der Waals surface area contributed by atoms with E-state index >= 15 is 0 Å². The van der Waals surface area contributed by atoms with E-state index in [0.29, 0.717) is 9.20 Å². The highest BCUT2D eigenvalue weighted by molar-refractivity contribution is 7.07. The fourth-order valence-corrected chi connectivity index (χ4v) is 2.41. The van der Waals surface area contributed by atoms with Gasteiger partial charge in [0.1, 0.15) is 0 Å². The van der Waals surface area contributed by atoms with Crippen LogP contribution in [0.3, 0.4) is 0 Å². The van der Waals surface area contributed by atoms with Gasteiger partial charge in [0.15, 0.2) is 5.78 Å². The number of ketones is 1. The van der Waals surface area contributed by atoms with E-state index in [1.54, 1.807) is 12.1 Å². The maximum atomic E-state index is 11.9. The molecule has 0 spiro atoms. The molecule has 0 saturated heterocycles. The molecule has 0 fully saturated rings. The van der Waals surface area contributed by atoms with Gasteiger partial charge < -0.3 is 9.97 Å². The number of H-pyrrole nitrogens is 2. The molecule has 0 amide bonds. The van der Waals surface area contributed by atoms with Crippen molar-refractivity contribution in [3.63, 3.8) is 0 Å². The summed E-state index contributed by atoms with van der Waals surface area (Å²) >= 11 is 1.21. The molecular weight excluding hydrogens is 288 g/mol. The van der Waals surface area contributed by atoms with Gasteiger partial charge in [-0.3, -0.25) is 14.4 Å². The van der Waals surface area contributed by atoms with Gasteiger partial charge in [0.25, 0.3) is 5.56 Å². The zero-order valence-electron chi connectivity index (χ0n) is 12.0. The van der Waals surface area contributed by atoms with Gasteiger partial charge in [0, 0.05) is 23.8 Å². The number of carbonyl (C=O) groups is 1. The SMILES string of the molecule is CC(C)(C)C(=O)C=c1[nH]c(=O)c(=Cc2ccc(=O)[nH]c2)s1. The lowest BCUT2D eigenvalue weighted by Crippen LogP contribution is -2.22. The minimum Gasteiger partial charge on any atom is -0.329 e. The second-order valence-corrected chi connectivity index (χ2v) is 6.76. The van der Waals surface area contributed by atoms with Crippen LogP contribution in [0.15, 0.2) is 27.9 Å². The Balaban J connectivity index is 2.47. The van der Waals surface area contributed by atoms with Crippen molar-refractivity contribution >= 4 is 29.3 Å². The summed E-state index contributed by atoms with van der Waals surface area (Å²) in [6.45, 7) is 5.47. The van der Waals surface area contributed by atoms with Crippen molar-refractivity contribution in [2.75, 3.05) is 0 Å². The highest BCUT2D eigenvalue weighted by Gasteiger charge is 2.18. The van der Waals surface area contributed by atoms with Crippen LogP contribution >= 0.6 is 11.3 Å². The van der Waals surface area contributed by atoms with Gasteiger partial charge in [-0.05, 0) is 17.7 Å². The first-order valence-electron chi connectivity index (χ1n) is 6.41. The Morgan fingerprint density at radius 3 is 2.52 bits per heavy atom. The van der Waals surface area contributed by atoms with Gasteiger partial charge in [-0.25, -0.2) is 0 Å². The molecule has 21 heavy (non-hydrogen) atoms. The Morgan fingerprint density at radius 2 is 1.95 bits per heavy atom. The van der Waals surface area contributed by atoms with Crippen LogP contribution < -0.4 is 20.3 Å². The van der Waals surface area contributed by atoms with Crippen molar-refractivity contribution < 1.29 is 4.79 Å². The maximum absolute atomic E-state index is 11.9. The van der Waals surface area contributed by atoms with Crippen LogP contribution in [0.2, 0.25) is 0 Å². The molecule has 6 heteroatoms. The summed E-state index contributed by atoms with van der Waals surface area (Å²) in [5, 5.41) is 0. The van der Waals surface area contributed by atoms with Crippen molar-refractivity contribution in [2.24, 2.45) is 5.41 Å². The Labute approximate surface area is 124 Å². The Bertz CT molecular complexity index is 874. The lowest BCUT2D eigenvalue weighted by molar-refractivity contribution is -0.119. The fraction of sp³-hybridized carbons (Fsp3) is 0.267. The first-order chi connectivity index (χ1) is 9.75. The van der Waals surface area contributed by atoms with E-state index in [0.717, 1.165) is 5.56 Å². The fourth-order valence-electron chi connectivity index (χ4n) is 1.52. The molecule has 0 aromatic carbocycles. The molecule has 5 nitrogen and oxygen atoms in total. The molecule has 0 unspecified atom stereocenters. The summed E-state index contributed by atoms with van der Waals surface area (Å²) in [7, 11) is 0. The zero-order chi connectivity index (χ0) is 15.6. The van der Waals surface area contributed by atoms with Crippen molar-refractivity contribution in [1.82, 2.24) is 9.97 Å². The quantitative estimate of drug-likeness (QED) is 0.840. The normalized spacial score (nSPS) is 13.7. The minimum absolute atomic E-state index is 0.0457. The van der Waals surface area contributed by atoms with Gasteiger partial charge in [0.2, 0.25) is 5.56 Å². The van der Waals surface area contributed by atoms with E-state index < -0.39 is 5.41 Å². The van der Waals surface area contributed by atoms with Crippen LogP contribution in [0.4, 0.5) is 0 Å². The molecule has 2 aromatic heterocycles. The van der Waals surface area contributed by atoms with Crippen molar-refractivity contribution in [1.29, 1.82) is 0 Å². The lowest BCUT2D eigenvalue weighted by Gasteiger charge is -2.12. The molecule has 0 bridgehead atoms. The Morgan fingerprint density at radius 1 is 1.24 bits per heavy atom. The van der Waals surface area contributed by atoms with Crippen LogP contribution in [-0.4, -0.2) is 15.8 Å². The topological polar surface area (TPSA) is 82.8 Å². The first kappa shape index (κ1) is 15.2. The van der Waals surface area contributed by atoms with Crippen molar-refractivity contribution in [3.8, 4) is 0 Å². The lowest BCUT2D eigenvalue weighted by atomic mass is 9.91. The second kappa shape index (κ2) is 5.65. The number of Topliss-reactive ketones (excluding diaryl/α,β-unsaturated/α-hetero) is 1. The highest BCUT2D eigenvalue weighted by Crippen LogP contribution is 2.14. The van der Waals surface area contributed by atoms with E-state index in [1.807, 2.05) is 20.8 Å². The average molecular weight is 304 g/mol. The van der Waals surface area contributed by atoms with E-state index in [1.165, 1.54) is 29.7 Å². The van der Waals surface area contributed by atoms with Gasteiger partial charge in [-0.1, -0.05) is 20.8 Å². The van der Waals surface area contributed by atoms with E-state index in [2.05, 4.69) is 9.97 Å². The molecule has 2 rings (SSSR count). The summed E-state index contributed by atoms with van der Waals surface area (Å²) in [6.07, 6.45) is 4.65. The van der Waals surface area contributed by atoms with E-state index in [4.69, 9.17) is 0 Å². The molecule has 2 N–H and O–H groups in total. The molecule has 0 saturated carbocycles. The first-order valence-corrected chi connectivity index (χ1v) is 7.23. The largest absolute Gasteiger partial charge is 0.329 e. The third kappa shape index (κ3) is 3.88. The monoisotopic (exact) mass is 304 g/mol. The standard InChI is InChI=1S/C15H16N2O3S/c1-15(2,3)11(18)7-13-17-14(20)10(21-13)6-9-4-5-12(19)16-8-9/h4-8H,1-3H3,(H,16,19)(H,17,20). The zero-order valence-corrected chi connectivity index (χ0v) is 12.8. The van der Waals surface area contributed by atoms with Crippen molar-refractivity contribution in [3.05, 3.63) is 53.8 Å². The van der Waals surface area contributed by atoms with Gasteiger partial charge in [-0.15, -0.1) is 11.3 Å². The second-order valence-electron chi connectivity index (χ2n) is 5.67. The average Bonchev–Trinajstić information content (AvgIpc) is 2.71. The molecule has 0 atom stereocenters. The van der Waals surface area contributed by atoms with Gasteiger partial charge in [0.05, 0.1) is 9.20 Å². The summed E-state index contributed by atoms with van der Waals surface area (Å²) < 4.78 is 1.01. The predicted octanol–water partition coefficient (Wildman–Crippen LogP) is 0.349. The molecular formula is C15H16N2O3S.